The van der Waals surface area contributed by atoms with Crippen molar-refractivity contribution in [2.45, 2.75) is 57.2 Å². The molecule has 0 spiro atoms. The average Bonchev–Trinajstić information content (AvgIpc) is 3.10. The zero-order valence-corrected chi connectivity index (χ0v) is 29.0. The number of nitrogens with two attached hydrogens (primary N) is 2. The molecule has 0 radical (unpaired) electrons. The molecule has 284 valence electrons. The van der Waals surface area contributed by atoms with Crippen molar-refractivity contribution in [1.29, 1.82) is 0 Å². The van der Waals surface area contributed by atoms with Crippen LogP contribution in [-0.2, 0) is 35.3 Å². The molecule has 0 bridgehead atoms. The lowest BCUT2D eigenvalue weighted by molar-refractivity contribution is -0.142. The topological polar surface area (TPSA) is 340 Å². The lowest BCUT2D eigenvalue weighted by Crippen LogP contribution is -2.49. The fraction of sp³-hybridized carbons (Fsp3) is 0.406. The molecule has 4 atom stereocenters. The van der Waals surface area contributed by atoms with Crippen molar-refractivity contribution in [3.8, 4) is 0 Å². The molecule has 53 heavy (non-hydrogen) atoms. The Hall–Kier alpha value is -5.96. The number of nitrogens with zero attached hydrogens (tertiary/aromatic N) is 3. The van der Waals surface area contributed by atoms with Gasteiger partial charge < -0.3 is 42.7 Å². The second kappa shape index (κ2) is 19.6. The van der Waals surface area contributed by atoms with Crippen LogP contribution in [-0.4, -0.2) is 101 Å². The minimum Gasteiger partial charge on any atom is -0.481 e. The van der Waals surface area contributed by atoms with Crippen LogP contribution in [0.1, 0.15) is 54.6 Å². The molecular formula is C32H39N9O11S. The first kappa shape index (κ1) is 41.5. The van der Waals surface area contributed by atoms with Crippen LogP contribution >= 0.6 is 12.6 Å². The molecule has 20 nitrogen and oxygen atoms in total. The van der Waals surface area contributed by atoms with Gasteiger partial charge in [-0.15, -0.1) is 0 Å². The second-order valence-electron chi connectivity index (χ2n) is 12.0. The van der Waals surface area contributed by atoms with Crippen LogP contribution in [0.3, 0.4) is 0 Å². The van der Waals surface area contributed by atoms with Gasteiger partial charge in [0.15, 0.2) is 16.9 Å². The number of nitrogens with one attached hydrogen (secondary N) is 4. The summed E-state index contributed by atoms with van der Waals surface area (Å²) in [5, 5.41) is 35.8. The van der Waals surface area contributed by atoms with Crippen molar-refractivity contribution in [1.82, 2.24) is 30.6 Å². The third-order valence-corrected chi connectivity index (χ3v) is 8.36. The summed E-state index contributed by atoms with van der Waals surface area (Å²) in [6.45, 7) is -0.220. The Morgan fingerprint density at radius 3 is 2.17 bits per heavy atom. The van der Waals surface area contributed by atoms with Gasteiger partial charge in [-0.3, -0.25) is 38.5 Å². The predicted molar refractivity (Wildman–Crippen MR) is 190 cm³/mol. The maximum Gasteiger partial charge on any atom is 0.326 e. The Morgan fingerprint density at radius 1 is 0.887 bits per heavy atom. The number of carboxylic acids is 3. The van der Waals surface area contributed by atoms with Crippen LogP contribution < -0.4 is 33.0 Å². The molecule has 0 unspecified atom stereocenters. The van der Waals surface area contributed by atoms with E-state index in [1.807, 2.05) is 0 Å². The number of hydrogen-bond acceptors (Lipinski definition) is 15. The normalized spacial score (nSPS) is 13.2. The standard InChI is InChI=1S/C32H39N9O11S/c33-11-22(23(43)7-15(14-53)8-24(44)45)39-29(49)17(10-25(46)47)9-20(42)5-6-21(31(51)52)38-28(48)16-1-3-18(4-2-16)35-12-19-13-36-27-26(37-19)30(50)41-32(34)40-27/h1-4,13,15,17,21-22,35,53H,5-12,14,33H2,(H,38,48)(H,39,49)(H,44,45)(H,46,47)(H,51,52)(H3,34,36,40,41,50)/t15-,17+,21+,22+/m1/s1. The van der Waals surface area contributed by atoms with Crippen molar-refractivity contribution in [3.05, 3.63) is 52.1 Å². The largest absolute Gasteiger partial charge is 0.481 e. The third-order valence-electron chi connectivity index (χ3n) is 7.84. The number of anilines is 2. The highest BCUT2D eigenvalue weighted by molar-refractivity contribution is 7.80. The first-order chi connectivity index (χ1) is 25.1. The van der Waals surface area contributed by atoms with Crippen LogP contribution in [0, 0.1) is 11.8 Å². The summed E-state index contributed by atoms with van der Waals surface area (Å²) in [6.07, 6.45) is -1.40. The van der Waals surface area contributed by atoms with Crippen molar-refractivity contribution in [2.24, 2.45) is 17.6 Å². The highest BCUT2D eigenvalue weighted by Crippen LogP contribution is 2.17. The zero-order chi connectivity index (χ0) is 39.2. The number of ketones is 2. The molecule has 2 aromatic heterocycles. The van der Waals surface area contributed by atoms with E-state index >= 15 is 0 Å². The van der Waals surface area contributed by atoms with E-state index in [9.17, 15) is 48.6 Å². The van der Waals surface area contributed by atoms with Gasteiger partial charge in [0.25, 0.3) is 11.5 Å². The molecule has 21 heteroatoms. The summed E-state index contributed by atoms with van der Waals surface area (Å²) in [5.41, 5.74) is 11.7. The first-order valence-corrected chi connectivity index (χ1v) is 16.7. The van der Waals surface area contributed by atoms with E-state index in [0.717, 1.165) is 0 Å². The fourth-order valence-electron chi connectivity index (χ4n) is 5.07. The fourth-order valence-corrected chi connectivity index (χ4v) is 5.33. The molecule has 3 rings (SSSR count). The minimum absolute atomic E-state index is 0.00499. The molecule has 2 amide bonds. The number of thiol groups is 1. The number of Topliss-reactive ketones (excluding diaryl/α,β-unsaturated/α-hetero) is 2. The maximum atomic E-state index is 13.0. The minimum atomic E-state index is -1.51. The van der Waals surface area contributed by atoms with Gasteiger partial charge in [-0.1, -0.05) is 0 Å². The predicted octanol–water partition coefficient (Wildman–Crippen LogP) is -0.656. The number of aromatic amines is 1. The quantitative estimate of drug-likeness (QED) is 0.0569. The highest BCUT2D eigenvalue weighted by Gasteiger charge is 2.30. The highest BCUT2D eigenvalue weighted by atomic mass is 32.1. The van der Waals surface area contributed by atoms with Crippen molar-refractivity contribution in [2.75, 3.05) is 23.3 Å². The summed E-state index contributed by atoms with van der Waals surface area (Å²) >= 11 is 4.04. The Morgan fingerprint density at radius 2 is 1.57 bits per heavy atom. The number of carboxylic acid groups (broad SMARTS) is 3. The van der Waals surface area contributed by atoms with Gasteiger partial charge in [0.2, 0.25) is 11.9 Å². The molecule has 2 heterocycles. The number of nitrogen functional groups attached to an aromatic ring is 1. The number of aromatic nitrogens is 4. The summed E-state index contributed by atoms with van der Waals surface area (Å²) in [4.78, 5) is 112. The zero-order valence-electron chi connectivity index (χ0n) is 28.1. The van der Waals surface area contributed by atoms with Crippen LogP contribution in [0.5, 0.6) is 0 Å². The van der Waals surface area contributed by atoms with Crippen molar-refractivity contribution >= 4 is 76.7 Å². The van der Waals surface area contributed by atoms with Gasteiger partial charge in [-0.05, 0) is 42.4 Å². The molecule has 0 saturated heterocycles. The molecule has 0 saturated carbocycles. The van der Waals surface area contributed by atoms with Gasteiger partial charge >= 0.3 is 17.9 Å². The first-order valence-electron chi connectivity index (χ1n) is 16.1. The van der Waals surface area contributed by atoms with Crippen LogP contribution in [0.15, 0.2) is 35.3 Å². The van der Waals surface area contributed by atoms with Gasteiger partial charge in [0.05, 0.1) is 36.8 Å². The Balaban J connectivity index is 1.55. The molecule has 0 aliphatic heterocycles. The van der Waals surface area contributed by atoms with Gasteiger partial charge in [-0.2, -0.15) is 17.6 Å². The molecule has 0 aliphatic carbocycles. The molecule has 0 aliphatic rings. The number of benzene rings is 1. The number of H-pyrrole nitrogens is 1. The molecule has 3 aromatic rings. The molecular weight excluding hydrogens is 718 g/mol. The Bertz CT molecular complexity index is 1910. The number of hydrogen-bond donors (Lipinski definition) is 10. The van der Waals surface area contributed by atoms with E-state index in [0.29, 0.717) is 11.4 Å². The van der Waals surface area contributed by atoms with E-state index in [-0.39, 0.29) is 60.8 Å². The number of aliphatic carboxylic acids is 3. The molecule has 0 fully saturated rings. The second-order valence-corrected chi connectivity index (χ2v) is 12.3. The van der Waals surface area contributed by atoms with E-state index in [2.05, 4.69) is 48.5 Å². The summed E-state index contributed by atoms with van der Waals surface area (Å²) in [5.74, 6) is -9.05. The number of carbonyl (C=O) groups excluding carboxylic acids is 4. The Labute approximate surface area is 306 Å². The number of fused-ring (bicyclic) bond motifs is 1. The third kappa shape index (κ3) is 12.9. The average molecular weight is 758 g/mol. The maximum absolute atomic E-state index is 13.0. The molecule has 1 aromatic carbocycles. The van der Waals surface area contributed by atoms with Crippen molar-refractivity contribution in [3.63, 3.8) is 0 Å². The Kier molecular flexibility index (Phi) is 15.3. The van der Waals surface area contributed by atoms with E-state index in [1.54, 1.807) is 12.1 Å². The lowest BCUT2D eigenvalue weighted by atomic mass is 9.93. The van der Waals surface area contributed by atoms with Crippen LogP contribution in [0.2, 0.25) is 0 Å². The number of rotatable bonds is 22. The molecule has 11 N–H and O–H groups in total. The van der Waals surface area contributed by atoms with Crippen LogP contribution in [0.25, 0.3) is 11.2 Å². The van der Waals surface area contributed by atoms with Crippen LogP contribution in [0.4, 0.5) is 11.6 Å². The lowest BCUT2D eigenvalue weighted by Gasteiger charge is -2.22. The van der Waals surface area contributed by atoms with Crippen molar-refractivity contribution < 1.29 is 48.9 Å². The van der Waals surface area contributed by atoms with Gasteiger partial charge in [0.1, 0.15) is 11.8 Å². The SMILES string of the molecule is NC[C@H](NC(=O)[C@H](CC(=O)O)CC(=O)CC[C@H](NC(=O)c1ccc(NCc2cnc3nc(N)[nH]c(=O)c3n2)cc1)C(=O)O)C(=O)C[C@@H](CS)CC(=O)O. The van der Waals surface area contributed by atoms with Gasteiger partial charge in [0, 0.05) is 43.5 Å². The number of amides is 2. The van der Waals surface area contributed by atoms with Gasteiger partial charge in [-0.25, -0.2) is 14.8 Å². The summed E-state index contributed by atoms with van der Waals surface area (Å²) in [7, 11) is 0. The van der Waals surface area contributed by atoms with E-state index < -0.39 is 90.0 Å². The summed E-state index contributed by atoms with van der Waals surface area (Å²) < 4.78 is 0. The monoisotopic (exact) mass is 757 g/mol. The van der Waals surface area contributed by atoms with E-state index in [4.69, 9.17) is 16.6 Å². The summed E-state index contributed by atoms with van der Waals surface area (Å²) in [6, 6.07) is 3.15. The van der Waals surface area contributed by atoms with E-state index in [1.165, 1.54) is 18.3 Å². The number of carbonyl (C=O) groups is 7. The smallest absolute Gasteiger partial charge is 0.326 e.